The van der Waals surface area contributed by atoms with E-state index in [2.05, 4.69) is 33.7 Å². The van der Waals surface area contributed by atoms with Crippen LogP contribution in [0.1, 0.15) is 18.4 Å². The molecule has 1 aliphatic rings. The number of anilines is 2. The summed E-state index contributed by atoms with van der Waals surface area (Å²) in [6, 6.07) is 19.7. The van der Waals surface area contributed by atoms with Gasteiger partial charge in [-0.2, -0.15) is 5.26 Å². The molecule has 0 aliphatic carbocycles. The highest BCUT2D eigenvalue weighted by molar-refractivity contribution is 5.89. The number of rotatable bonds is 4. The molecule has 1 saturated heterocycles. The molecule has 2 amide bonds. The fraction of sp³-hybridized carbons (Fsp3) is 0.300. The number of amides is 2. The molecule has 5 nitrogen and oxygen atoms in total. The number of nitrogens with zero attached hydrogens (tertiary/aromatic N) is 2. The van der Waals surface area contributed by atoms with Crippen molar-refractivity contribution < 1.29 is 4.79 Å². The number of urea groups is 1. The number of para-hydroxylation sites is 1. The summed E-state index contributed by atoms with van der Waals surface area (Å²) in [6.07, 6.45) is 2.42. The Morgan fingerprint density at radius 1 is 1.16 bits per heavy atom. The maximum Gasteiger partial charge on any atom is 0.319 e. The molecule has 3 rings (SSSR count). The molecule has 1 heterocycles. The summed E-state index contributed by atoms with van der Waals surface area (Å²) >= 11 is 0. The summed E-state index contributed by atoms with van der Waals surface area (Å²) in [5, 5.41) is 14.6. The normalized spacial score (nSPS) is 16.8. The summed E-state index contributed by atoms with van der Waals surface area (Å²) in [5.74, 6) is 0. The molecule has 0 aromatic heterocycles. The highest BCUT2D eigenvalue weighted by atomic mass is 16.2. The SMILES string of the molecule is N#CCc1ccc(NC(=O)NC2CCCN(c3ccccc3)C2)cc1. The number of piperidine rings is 1. The zero-order valence-electron chi connectivity index (χ0n) is 14.1. The smallest absolute Gasteiger partial charge is 0.319 e. The standard InChI is InChI=1S/C20H22N4O/c21-13-12-16-8-10-17(11-9-16)22-20(25)23-18-5-4-14-24(15-18)19-6-2-1-3-7-19/h1-3,6-11,18H,4-5,12,14-15H2,(H2,22,23,25). The van der Waals surface area contributed by atoms with Gasteiger partial charge in [-0.15, -0.1) is 0 Å². The molecule has 0 spiro atoms. The lowest BCUT2D eigenvalue weighted by Gasteiger charge is -2.34. The van der Waals surface area contributed by atoms with E-state index in [0.29, 0.717) is 6.42 Å². The van der Waals surface area contributed by atoms with Crippen LogP contribution < -0.4 is 15.5 Å². The first-order chi connectivity index (χ1) is 12.2. The van der Waals surface area contributed by atoms with Gasteiger partial charge in [-0.05, 0) is 42.7 Å². The third kappa shape index (κ3) is 4.74. The highest BCUT2D eigenvalue weighted by Crippen LogP contribution is 2.19. The maximum atomic E-state index is 12.2. The van der Waals surface area contributed by atoms with Crippen LogP contribution in [-0.2, 0) is 6.42 Å². The molecule has 1 atom stereocenters. The Morgan fingerprint density at radius 2 is 1.92 bits per heavy atom. The summed E-state index contributed by atoms with van der Waals surface area (Å²) in [4.78, 5) is 14.6. The Kier molecular flexibility index (Phi) is 5.53. The van der Waals surface area contributed by atoms with E-state index < -0.39 is 0 Å². The molecule has 2 N–H and O–H groups in total. The van der Waals surface area contributed by atoms with Gasteiger partial charge in [-0.25, -0.2) is 4.79 Å². The molecular weight excluding hydrogens is 312 g/mol. The number of hydrogen-bond acceptors (Lipinski definition) is 3. The second kappa shape index (κ2) is 8.20. The lowest BCUT2D eigenvalue weighted by Crippen LogP contribution is -2.49. The summed E-state index contributed by atoms with van der Waals surface area (Å²) in [6.45, 7) is 1.84. The van der Waals surface area contributed by atoms with Crippen LogP contribution in [0.5, 0.6) is 0 Å². The molecule has 5 heteroatoms. The maximum absolute atomic E-state index is 12.2. The van der Waals surface area contributed by atoms with Gasteiger partial charge in [0, 0.05) is 30.5 Å². The average Bonchev–Trinajstić information content (AvgIpc) is 2.64. The van der Waals surface area contributed by atoms with Gasteiger partial charge in [0.25, 0.3) is 0 Å². The van der Waals surface area contributed by atoms with Crippen LogP contribution in [-0.4, -0.2) is 25.2 Å². The second-order valence-electron chi connectivity index (χ2n) is 6.25. The molecule has 0 saturated carbocycles. The average molecular weight is 334 g/mol. The Balaban J connectivity index is 1.53. The third-order valence-electron chi connectivity index (χ3n) is 4.37. The minimum atomic E-state index is -0.187. The van der Waals surface area contributed by atoms with Crippen molar-refractivity contribution in [2.45, 2.75) is 25.3 Å². The van der Waals surface area contributed by atoms with Crippen molar-refractivity contribution in [3.8, 4) is 6.07 Å². The molecule has 25 heavy (non-hydrogen) atoms. The molecule has 2 aromatic carbocycles. The third-order valence-corrected chi connectivity index (χ3v) is 4.37. The Labute approximate surface area is 148 Å². The number of nitriles is 1. The van der Waals surface area contributed by atoms with E-state index in [1.54, 1.807) is 0 Å². The van der Waals surface area contributed by atoms with E-state index in [4.69, 9.17) is 5.26 Å². The van der Waals surface area contributed by atoms with Crippen LogP contribution in [0.4, 0.5) is 16.2 Å². The van der Waals surface area contributed by atoms with Gasteiger partial charge in [0.15, 0.2) is 0 Å². The zero-order chi connectivity index (χ0) is 17.5. The summed E-state index contributed by atoms with van der Waals surface area (Å²) < 4.78 is 0. The van der Waals surface area contributed by atoms with E-state index in [-0.39, 0.29) is 12.1 Å². The minimum absolute atomic E-state index is 0.131. The first-order valence-corrected chi connectivity index (χ1v) is 8.58. The first-order valence-electron chi connectivity index (χ1n) is 8.58. The molecule has 1 unspecified atom stereocenters. The van der Waals surface area contributed by atoms with Crippen LogP contribution in [0, 0.1) is 11.3 Å². The second-order valence-corrected chi connectivity index (χ2v) is 6.25. The van der Waals surface area contributed by atoms with Crippen LogP contribution in [0.2, 0.25) is 0 Å². The van der Waals surface area contributed by atoms with Crippen LogP contribution in [0.15, 0.2) is 54.6 Å². The predicted octanol–water partition coefficient (Wildman–Crippen LogP) is 3.54. The van der Waals surface area contributed by atoms with Crippen molar-refractivity contribution in [3.63, 3.8) is 0 Å². The van der Waals surface area contributed by atoms with Crippen molar-refractivity contribution in [1.82, 2.24) is 5.32 Å². The minimum Gasteiger partial charge on any atom is -0.369 e. The molecule has 1 fully saturated rings. The van der Waals surface area contributed by atoms with Crippen LogP contribution in [0.3, 0.4) is 0 Å². The quantitative estimate of drug-likeness (QED) is 0.898. The monoisotopic (exact) mass is 334 g/mol. The Bertz CT molecular complexity index is 737. The summed E-state index contributed by atoms with van der Waals surface area (Å²) in [7, 11) is 0. The molecule has 0 bridgehead atoms. The van der Waals surface area contributed by atoms with Gasteiger partial charge in [0.1, 0.15) is 0 Å². The van der Waals surface area contributed by atoms with Crippen LogP contribution in [0.25, 0.3) is 0 Å². The van der Waals surface area contributed by atoms with Gasteiger partial charge < -0.3 is 15.5 Å². The highest BCUT2D eigenvalue weighted by Gasteiger charge is 2.21. The predicted molar refractivity (Wildman–Crippen MR) is 99.6 cm³/mol. The summed E-state index contributed by atoms with van der Waals surface area (Å²) in [5.41, 5.74) is 2.87. The van der Waals surface area contributed by atoms with E-state index in [9.17, 15) is 4.79 Å². The number of nitrogens with one attached hydrogen (secondary N) is 2. The van der Waals surface area contributed by atoms with Gasteiger partial charge in [0.05, 0.1) is 12.5 Å². The number of hydrogen-bond donors (Lipinski definition) is 2. The molecule has 0 radical (unpaired) electrons. The fourth-order valence-corrected chi connectivity index (χ4v) is 3.12. The van der Waals surface area contributed by atoms with E-state index in [0.717, 1.165) is 37.2 Å². The Hall–Kier alpha value is -3.00. The van der Waals surface area contributed by atoms with Crippen molar-refractivity contribution in [2.75, 3.05) is 23.3 Å². The molecule has 1 aliphatic heterocycles. The molecule has 2 aromatic rings. The van der Waals surface area contributed by atoms with Crippen molar-refractivity contribution in [3.05, 3.63) is 60.2 Å². The van der Waals surface area contributed by atoms with Crippen molar-refractivity contribution in [2.24, 2.45) is 0 Å². The zero-order valence-corrected chi connectivity index (χ0v) is 14.1. The number of benzene rings is 2. The van der Waals surface area contributed by atoms with Crippen molar-refractivity contribution >= 4 is 17.4 Å². The lowest BCUT2D eigenvalue weighted by atomic mass is 10.1. The van der Waals surface area contributed by atoms with Gasteiger partial charge in [-0.1, -0.05) is 30.3 Å². The first kappa shape index (κ1) is 16.8. The number of carbonyl (C=O) groups is 1. The Morgan fingerprint density at radius 3 is 2.64 bits per heavy atom. The van der Waals surface area contributed by atoms with Gasteiger partial charge in [0.2, 0.25) is 0 Å². The van der Waals surface area contributed by atoms with Crippen molar-refractivity contribution in [1.29, 1.82) is 5.26 Å². The van der Waals surface area contributed by atoms with E-state index in [1.807, 2.05) is 42.5 Å². The lowest BCUT2D eigenvalue weighted by molar-refractivity contribution is 0.246. The topological polar surface area (TPSA) is 68.2 Å². The molecular formula is C20H22N4O. The number of carbonyl (C=O) groups excluding carboxylic acids is 1. The van der Waals surface area contributed by atoms with E-state index in [1.165, 1.54) is 5.69 Å². The largest absolute Gasteiger partial charge is 0.369 e. The van der Waals surface area contributed by atoms with Gasteiger partial charge in [-0.3, -0.25) is 0 Å². The fourth-order valence-electron chi connectivity index (χ4n) is 3.12. The van der Waals surface area contributed by atoms with Gasteiger partial charge >= 0.3 is 6.03 Å². The molecule has 128 valence electrons. The van der Waals surface area contributed by atoms with Crippen LogP contribution >= 0.6 is 0 Å². The van der Waals surface area contributed by atoms with E-state index >= 15 is 0 Å².